The maximum Gasteiger partial charge on any atom is 0.251 e. The maximum absolute atomic E-state index is 13.1. The van der Waals surface area contributed by atoms with Crippen molar-refractivity contribution in [3.8, 4) is 0 Å². The van der Waals surface area contributed by atoms with E-state index in [-0.39, 0.29) is 36.2 Å². The molecule has 1 fully saturated rings. The first-order chi connectivity index (χ1) is 16.4. The number of hydrogen-bond donors (Lipinski definition) is 1. The van der Waals surface area contributed by atoms with Gasteiger partial charge in [-0.2, -0.15) is 4.31 Å². The fraction of sp³-hybridized carbons (Fsp3) is 0.231. The summed E-state index contributed by atoms with van der Waals surface area (Å²) >= 11 is 0. The molecule has 0 spiro atoms. The third-order valence-corrected chi connectivity index (χ3v) is 7.81. The molecule has 0 saturated carbocycles. The number of sulfonamides is 1. The molecular formula is C26H27N3O4S. The molecule has 1 atom stereocenters. The Kier molecular flexibility index (Phi) is 7.40. The predicted octanol–water partition coefficient (Wildman–Crippen LogP) is 3.08. The van der Waals surface area contributed by atoms with Crippen molar-refractivity contribution in [1.82, 2.24) is 14.5 Å². The van der Waals surface area contributed by atoms with Crippen LogP contribution in [0, 0.1) is 0 Å². The molecule has 0 aliphatic carbocycles. The molecule has 1 N–H and O–H groups in total. The van der Waals surface area contributed by atoms with Crippen molar-refractivity contribution in [3.05, 3.63) is 102 Å². The standard InChI is InChI=1S/C26H27N3O4S/c30-25(28-16-18-29(19-17-28)34(32,33)23-14-8-3-9-15-23)20-24(21-10-4-1-5-11-21)27-26(31)22-12-6-2-7-13-22/h1-15,24H,16-20H2,(H,27,31). The van der Waals surface area contributed by atoms with Crippen LogP contribution in [0.5, 0.6) is 0 Å². The van der Waals surface area contributed by atoms with Crippen molar-refractivity contribution in [2.45, 2.75) is 17.4 Å². The summed E-state index contributed by atoms with van der Waals surface area (Å²) in [5.41, 5.74) is 1.36. The average Bonchev–Trinajstić information content (AvgIpc) is 2.90. The van der Waals surface area contributed by atoms with Crippen LogP contribution in [0.1, 0.15) is 28.4 Å². The van der Waals surface area contributed by atoms with Crippen LogP contribution in [0.3, 0.4) is 0 Å². The van der Waals surface area contributed by atoms with Gasteiger partial charge in [-0.15, -0.1) is 0 Å². The molecule has 2 amide bonds. The molecule has 1 heterocycles. The Balaban J connectivity index is 1.42. The van der Waals surface area contributed by atoms with Crippen molar-refractivity contribution < 1.29 is 18.0 Å². The van der Waals surface area contributed by atoms with E-state index in [0.717, 1.165) is 5.56 Å². The van der Waals surface area contributed by atoms with Gasteiger partial charge in [-0.05, 0) is 29.8 Å². The number of carbonyl (C=O) groups excluding carboxylic acids is 2. The van der Waals surface area contributed by atoms with E-state index in [1.807, 2.05) is 36.4 Å². The highest BCUT2D eigenvalue weighted by molar-refractivity contribution is 7.89. The van der Waals surface area contributed by atoms with E-state index in [1.54, 1.807) is 59.5 Å². The number of rotatable bonds is 7. The second kappa shape index (κ2) is 10.6. The monoisotopic (exact) mass is 477 g/mol. The minimum atomic E-state index is -3.59. The van der Waals surface area contributed by atoms with E-state index >= 15 is 0 Å². The summed E-state index contributed by atoms with van der Waals surface area (Å²) < 4.78 is 27.1. The van der Waals surface area contributed by atoms with Crippen LogP contribution in [0.25, 0.3) is 0 Å². The van der Waals surface area contributed by atoms with Gasteiger partial charge in [-0.3, -0.25) is 9.59 Å². The number of piperazine rings is 1. The number of nitrogens with one attached hydrogen (secondary N) is 1. The molecule has 3 aromatic carbocycles. The quantitative estimate of drug-likeness (QED) is 0.567. The molecule has 0 aromatic heterocycles. The minimum Gasteiger partial charge on any atom is -0.345 e. The second-order valence-electron chi connectivity index (χ2n) is 8.10. The SMILES string of the molecule is O=C(NC(CC(=O)N1CCN(S(=O)(=O)c2ccccc2)CC1)c1ccccc1)c1ccccc1. The maximum atomic E-state index is 13.1. The summed E-state index contributed by atoms with van der Waals surface area (Å²) in [6, 6.07) is 26.1. The van der Waals surface area contributed by atoms with Crippen LogP contribution < -0.4 is 5.32 Å². The zero-order valence-corrected chi connectivity index (χ0v) is 19.5. The number of hydrogen-bond acceptors (Lipinski definition) is 4. The molecular weight excluding hydrogens is 450 g/mol. The molecule has 8 heteroatoms. The summed E-state index contributed by atoms with van der Waals surface area (Å²) in [5.74, 6) is -0.375. The predicted molar refractivity (Wildman–Crippen MR) is 129 cm³/mol. The molecule has 1 saturated heterocycles. The third kappa shape index (κ3) is 5.52. The zero-order valence-electron chi connectivity index (χ0n) is 18.7. The van der Waals surface area contributed by atoms with Gasteiger partial charge in [0.15, 0.2) is 0 Å². The molecule has 0 radical (unpaired) electrons. The largest absolute Gasteiger partial charge is 0.345 e. The smallest absolute Gasteiger partial charge is 0.251 e. The van der Waals surface area contributed by atoms with Crippen LogP contribution in [0.15, 0.2) is 95.9 Å². The van der Waals surface area contributed by atoms with Crippen molar-refractivity contribution in [2.75, 3.05) is 26.2 Å². The minimum absolute atomic E-state index is 0.0913. The van der Waals surface area contributed by atoms with Crippen LogP contribution in [0.4, 0.5) is 0 Å². The number of amides is 2. The van der Waals surface area contributed by atoms with Gasteiger partial charge in [-0.1, -0.05) is 66.7 Å². The Labute approximate surface area is 200 Å². The summed E-state index contributed by atoms with van der Waals surface area (Å²) in [7, 11) is -3.59. The zero-order chi connectivity index (χ0) is 24.0. The second-order valence-corrected chi connectivity index (χ2v) is 10.0. The van der Waals surface area contributed by atoms with Gasteiger partial charge in [0.2, 0.25) is 15.9 Å². The molecule has 1 unspecified atom stereocenters. The fourth-order valence-electron chi connectivity index (χ4n) is 3.99. The first kappa shape index (κ1) is 23.7. The first-order valence-corrected chi connectivity index (χ1v) is 12.6. The Morgan fingerprint density at radius 1 is 0.765 bits per heavy atom. The van der Waals surface area contributed by atoms with Crippen molar-refractivity contribution in [2.24, 2.45) is 0 Å². The molecule has 1 aliphatic heterocycles. The fourth-order valence-corrected chi connectivity index (χ4v) is 5.44. The van der Waals surface area contributed by atoms with Crippen LogP contribution in [0.2, 0.25) is 0 Å². The highest BCUT2D eigenvalue weighted by Crippen LogP contribution is 2.21. The van der Waals surface area contributed by atoms with Crippen molar-refractivity contribution >= 4 is 21.8 Å². The number of carbonyl (C=O) groups is 2. The molecule has 4 rings (SSSR count). The lowest BCUT2D eigenvalue weighted by Crippen LogP contribution is -2.51. The van der Waals surface area contributed by atoms with Crippen LogP contribution in [-0.4, -0.2) is 55.6 Å². The Hall–Kier alpha value is -3.49. The lowest BCUT2D eigenvalue weighted by Gasteiger charge is -2.34. The topological polar surface area (TPSA) is 86.8 Å². The lowest BCUT2D eigenvalue weighted by molar-refractivity contribution is -0.132. The van der Waals surface area contributed by atoms with E-state index < -0.39 is 16.1 Å². The number of nitrogens with zero attached hydrogens (tertiary/aromatic N) is 2. The molecule has 0 bridgehead atoms. The summed E-state index contributed by atoms with van der Waals surface area (Å²) in [6.45, 7) is 1.07. The van der Waals surface area contributed by atoms with E-state index in [9.17, 15) is 18.0 Å². The average molecular weight is 478 g/mol. The van der Waals surface area contributed by atoms with E-state index in [4.69, 9.17) is 0 Å². The van der Waals surface area contributed by atoms with E-state index in [1.165, 1.54) is 4.31 Å². The van der Waals surface area contributed by atoms with Crippen LogP contribution >= 0.6 is 0 Å². The van der Waals surface area contributed by atoms with Gasteiger partial charge >= 0.3 is 0 Å². The van der Waals surface area contributed by atoms with Gasteiger partial charge in [0.25, 0.3) is 5.91 Å². The Morgan fingerprint density at radius 2 is 1.29 bits per heavy atom. The summed E-state index contributed by atoms with van der Waals surface area (Å²) in [5, 5.41) is 2.98. The van der Waals surface area contributed by atoms with Gasteiger partial charge in [-0.25, -0.2) is 8.42 Å². The van der Waals surface area contributed by atoms with Crippen LogP contribution in [-0.2, 0) is 14.8 Å². The molecule has 7 nitrogen and oxygen atoms in total. The lowest BCUT2D eigenvalue weighted by atomic mass is 10.0. The number of benzene rings is 3. The molecule has 1 aliphatic rings. The van der Waals surface area contributed by atoms with Gasteiger partial charge in [0.05, 0.1) is 17.4 Å². The Morgan fingerprint density at radius 3 is 1.88 bits per heavy atom. The van der Waals surface area contributed by atoms with E-state index in [2.05, 4.69) is 5.32 Å². The summed E-state index contributed by atoms with van der Waals surface area (Å²) in [4.78, 5) is 27.8. The Bertz CT molecular complexity index is 1210. The van der Waals surface area contributed by atoms with E-state index in [0.29, 0.717) is 18.7 Å². The molecule has 176 valence electrons. The van der Waals surface area contributed by atoms with Gasteiger partial charge in [0, 0.05) is 31.7 Å². The van der Waals surface area contributed by atoms with Gasteiger partial charge in [0.1, 0.15) is 0 Å². The normalized spacial score (nSPS) is 15.5. The molecule has 34 heavy (non-hydrogen) atoms. The molecule has 3 aromatic rings. The third-order valence-electron chi connectivity index (χ3n) is 5.89. The van der Waals surface area contributed by atoms with Crippen molar-refractivity contribution in [3.63, 3.8) is 0 Å². The highest BCUT2D eigenvalue weighted by Gasteiger charge is 2.31. The first-order valence-electron chi connectivity index (χ1n) is 11.2. The van der Waals surface area contributed by atoms with Crippen molar-refractivity contribution in [1.29, 1.82) is 0 Å². The highest BCUT2D eigenvalue weighted by atomic mass is 32.2. The summed E-state index contributed by atoms with van der Waals surface area (Å²) in [6.07, 6.45) is 0.0913. The van der Waals surface area contributed by atoms with Gasteiger partial charge < -0.3 is 10.2 Å².